The molecule has 3 fully saturated rings. The molecular formula is C37H44N2O2. The van der Waals surface area contributed by atoms with E-state index in [0.29, 0.717) is 17.8 Å². The summed E-state index contributed by atoms with van der Waals surface area (Å²) in [6.07, 6.45) is 12.5. The lowest BCUT2D eigenvalue weighted by atomic mass is 9.56. The van der Waals surface area contributed by atoms with Crippen molar-refractivity contribution in [3.63, 3.8) is 0 Å². The van der Waals surface area contributed by atoms with Crippen molar-refractivity contribution in [2.24, 2.45) is 17.3 Å². The molecule has 0 aromatic heterocycles. The minimum atomic E-state index is 0.132. The molecule has 1 unspecified atom stereocenters. The molecule has 4 heteroatoms. The highest BCUT2D eigenvalue weighted by atomic mass is 16.2. The van der Waals surface area contributed by atoms with Crippen molar-refractivity contribution in [1.29, 1.82) is 0 Å². The van der Waals surface area contributed by atoms with Gasteiger partial charge >= 0.3 is 0 Å². The number of fused-ring (bicyclic) bond motifs is 4. The van der Waals surface area contributed by atoms with E-state index in [-0.39, 0.29) is 17.6 Å². The van der Waals surface area contributed by atoms with Gasteiger partial charge in [0, 0.05) is 50.6 Å². The van der Waals surface area contributed by atoms with Crippen LogP contribution in [0.3, 0.4) is 0 Å². The van der Waals surface area contributed by atoms with Gasteiger partial charge in [0.1, 0.15) is 0 Å². The SMILES string of the molecule is C[C@@]12CCC[C@H]1[C@@H]1CCC3=CC(=O)CC(c4ccc(C(=O)N5CCN(CCc6ccccc6)CC5)cc4)C3=C1CC2. The van der Waals surface area contributed by atoms with E-state index < -0.39 is 0 Å². The van der Waals surface area contributed by atoms with E-state index in [2.05, 4.69) is 54.3 Å². The van der Waals surface area contributed by atoms with Gasteiger partial charge in [-0.25, -0.2) is 0 Å². The van der Waals surface area contributed by atoms with Gasteiger partial charge in [-0.15, -0.1) is 0 Å². The van der Waals surface area contributed by atoms with Crippen molar-refractivity contribution in [3.05, 3.63) is 94.1 Å². The van der Waals surface area contributed by atoms with Gasteiger partial charge in [0.2, 0.25) is 0 Å². The Morgan fingerprint density at radius 3 is 2.49 bits per heavy atom. The van der Waals surface area contributed by atoms with Crippen molar-refractivity contribution in [2.45, 2.75) is 70.6 Å². The molecule has 1 heterocycles. The average Bonchev–Trinajstić information content (AvgIpc) is 3.42. The van der Waals surface area contributed by atoms with Crippen LogP contribution in [0.4, 0.5) is 0 Å². The van der Waals surface area contributed by atoms with Crippen LogP contribution in [-0.4, -0.2) is 54.2 Å². The quantitative estimate of drug-likeness (QED) is 0.405. The van der Waals surface area contributed by atoms with Gasteiger partial charge in [0.25, 0.3) is 5.91 Å². The summed E-state index contributed by atoms with van der Waals surface area (Å²) < 4.78 is 0. The predicted molar refractivity (Wildman–Crippen MR) is 164 cm³/mol. The fourth-order valence-corrected chi connectivity index (χ4v) is 9.05. The van der Waals surface area contributed by atoms with Gasteiger partial charge in [-0.2, -0.15) is 0 Å². The third-order valence-corrected chi connectivity index (χ3v) is 11.3. The number of benzene rings is 2. The Kier molecular flexibility index (Phi) is 7.23. The van der Waals surface area contributed by atoms with Crippen molar-refractivity contribution in [2.75, 3.05) is 32.7 Å². The Morgan fingerprint density at radius 2 is 1.71 bits per heavy atom. The first kappa shape index (κ1) is 26.9. The number of amides is 1. The Labute approximate surface area is 245 Å². The number of ketones is 1. The van der Waals surface area contributed by atoms with Crippen molar-refractivity contribution < 1.29 is 9.59 Å². The lowest BCUT2D eigenvalue weighted by Gasteiger charge is -2.48. The second-order valence-electron chi connectivity index (χ2n) is 13.6. The molecule has 5 aliphatic rings. The first-order chi connectivity index (χ1) is 20.0. The van der Waals surface area contributed by atoms with E-state index in [4.69, 9.17) is 0 Å². The van der Waals surface area contributed by atoms with Gasteiger partial charge in [-0.05, 0) is 103 Å². The van der Waals surface area contributed by atoms with Gasteiger partial charge in [-0.1, -0.05) is 61.4 Å². The molecule has 1 amide bonds. The smallest absolute Gasteiger partial charge is 0.253 e. The second-order valence-corrected chi connectivity index (χ2v) is 13.6. The molecule has 0 spiro atoms. The molecule has 2 aromatic rings. The molecule has 0 bridgehead atoms. The van der Waals surface area contributed by atoms with E-state index in [1.807, 2.05) is 23.1 Å². The monoisotopic (exact) mass is 548 g/mol. The standard InChI is InChI=1S/C37H44N2O2/c1-37-17-5-8-34(37)31-14-13-29-24-30(40)25-33(35(29)32(31)15-18-37)27-9-11-28(12-10-27)36(41)39-22-20-38(21-23-39)19-16-26-6-3-2-4-7-26/h2-4,6-7,9-12,24,31,33-34H,5,8,13-23,25H2,1H3/t31-,33?,34+,37+/m1/s1. The fourth-order valence-electron chi connectivity index (χ4n) is 9.05. The van der Waals surface area contributed by atoms with Crippen LogP contribution in [0.15, 0.2) is 77.4 Å². The summed E-state index contributed by atoms with van der Waals surface area (Å²) in [5, 5.41) is 0. The average molecular weight is 549 g/mol. The van der Waals surface area contributed by atoms with Crippen molar-refractivity contribution >= 4 is 11.7 Å². The predicted octanol–water partition coefficient (Wildman–Crippen LogP) is 6.98. The van der Waals surface area contributed by atoms with Gasteiger partial charge in [0.05, 0.1) is 0 Å². The molecule has 41 heavy (non-hydrogen) atoms. The highest BCUT2D eigenvalue weighted by molar-refractivity contribution is 5.95. The van der Waals surface area contributed by atoms with E-state index in [9.17, 15) is 9.59 Å². The molecule has 214 valence electrons. The summed E-state index contributed by atoms with van der Waals surface area (Å²) >= 11 is 0. The Morgan fingerprint density at radius 1 is 0.927 bits per heavy atom. The summed E-state index contributed by atoms with van der Waals surface area (Å²) in [5.41, 5.74) is 8.34. The van der Waals surface area contributed by atoms with E-state index >= 15 is 0 Å². The number of rotatable bonds is 5. The third-order valence-electron chi connectivity index (χ3n) is 11.3. The highest BCUT2D eigenvalue weighted by Crippen LogP contribution is 2.61. The molecule has 7 rings (SSSR count). The summed E-state index contributed by atoms with van der Waals surface area (Å²) in [4.78, 5) is 30.8. The number of hydrogen-bond acceptors (Lipinski definition) is 3. The van der Waals surface area contributed by atoms with Crippen LogP contribution in [0.1, 0.15) is 85.7 Å². The summed E-state index contributed by atoms with van der Waals surface area (Å²) in [6.45, 7) is 6.98. The van der Waals surface area contributed by atoms with Crippen LogP contribution in [0, 0.1) is 17.3 Å². The van der Waals surface area contributed by atoms with Crippen molar-refractivity contribution in [3.8, 4) is 0 Å². The lowest BCUT2D eigenvalue weighted by Crippen LogP contribution is -2.49. The van der Waals surface area contributed by atoms with Gasteiger partial charge < -0.3 is 4.90 Å². The van der Waals surface area contributed by atoms with Crippen LogP contribution in [0.25, 0.3) is 0 Å². The normalized spacial score (nSPS) is 30.0. The van der Waals surface area contributed by atoms with Gasteiger partial charge in [0.15, 0.2) is 5.78 Å². The number of carbonyl (C=O) groups is 2. The molecule has 4 aliphatic carbocycles. The Balaban J connectivity index is 1.04. The van der Waals surface area contributed by atoms with Gasteiger partial charge in [-0.3, -0.25) is 14.5 Å². The van der Waals surface area contributed by atoms with Crippen LogP contribution < -0.4 is 0 Å². The Hall–Kier alpha value is -2.98. The maximum absolute atomic E-state index is 13.4. The van der Waals surface area contributed by atoms with E-state index in [1.54, 1.807) is 5.57 Å². The van der Waals surface area contributed by atoms with E-state index in [0.717, 1.165) is 57.0 Å². The topological polar surface area (TPSA) is 40.6 Å². The minimum Gasteiger partial charge on any atom is -0.336 e. The molecule has 4 atom stereocenters. The van der Waals surface area contributed by atoms with Crippen LogP contribution in [-0.2, 0) is 11.2 Å². The molecule has 2 aromatic carbocycles. The molecule has 1 aliphatic heterocycles. The van der Waals surface area contributed by atoms with E-state index in [1.165, 1.54) is 60.8 Å². The maximum Gasteiger partial charge on any atom is 0.253 e. The second kappa shape index (κ2) is 11.0. The zero-order valence-corrected chi connectivity index (χ0v) is 24.6. The molecule has 0 radical (unpaired) electrons. The van der Waals surface area contributed by atoms with Crippen LogP contribution >= 0.6 is 0 Å². The first-order valence-electron chi connectivity index (χ1n) is 16.1. The van der Waals surface area contributed by atoms with Crippen LogP contribution in [0.5, 0.6) is 0 Å². The fraction of sp³-hybridized carbons (Fsp3) is 0.514. The number of allylic oxidation sites excluding steroid dienone is 4. The lowest BCUT2D eigenvalue weighted by molar-refractivity contribution is -0.115. The highest BCUT2D eigenvalue weighted by Gasteiger charge is 2.49. The number of nitrogens with zero attached hydrogens (tertiary/aromatic N) is 2. The maximum atomic E-state index is 13.4. The number of carbonyl (C=O) groups excluding carboxylic acids is 2. The zero-order valence-electron chi connectivity index (χ0n) is 24.6. The first-order valence-corrected chi connectivity index (χ1v) is 16.1. The molecule has 1 saturated heterocycles. The zero-order chi connectivity index (χ0) is 28.0. The summed E-state index contributed by atoms with van der Waals surface area (Å²) in [5.74, 6) is 2.05. The van der Waals surface area contributed by atoms with Crippen molar-refractivity contribution in [1.82, 2.24) is 9.80 Å². The number of piperazine rings is 1. The summed E-state index contributed by atoms with van der Waals surface area (Å²) in [6, 6.07) is 19.0. The minimum absolute atomic E-state index is 0.132. The largest absolute Gasteiger partial charge is 0.336 e. The Bertz CT molecular complexity index is 1370. The molecule has 4 nitrogen and oxygen atoms in total. The third kappa shape index (κ3) is 5.14. The van der Waals surface area contributed by atoms with Crippen LogP contribution in [0.2, 0.25) is 0 Å². The molecule has 0 N–H and O–H groups in total. The summed E-state index contributed by atoms with van der Waals surface area (Å²) in [7, 11) is 0. The number of hydrogen-bond donors (Lipinski definition) is 0. The molecular weight excluding hydrogens is 504 g/mol. The molecule has 2 saturated carbocycles.